The molecule has 0 aliphatic carbocycles. The molecule has 1 atom stereocenters. The molecule has 1 aliphatic heterocycles. The summed E-state index contributed by atoms with van der Waals surface area (Å²) in [4.78, 5) is 40.4. The molecule has 1 fully saturated rings. The van der Waals surface area contributed by atoms with Crippen LogP contribution in [0.15, 0.2) is 18.5 Å². The quantitative estimate of drug-likeness (QED) is 0.785. The molecule has 1 unspecified atom stereocenters. The Kier molecular flexibility index (Phi) is 4.95. The number of methoxy groups -OCH3 is 1. The zero-order valence-corrected chi connectivity index (χ0v) is 12.7. The molecule has 1 aromatic heterocycles. The molecular formula is C14H16N2O4S. The molecule has 6 nitrogen and oxygen atoms in total. The molecule has 0 bridgehead atoms. The summed E-state index contributed by atoms with van der Waals surface area (Å²) >= 11 is 1.22. The highest BCUT2D eigenvalue weighted by atomic mass is 32.2. The van der Waals surface area contributed by atoms with Crippen LogP contribution in [-0.2, 0) is 14.3 Å². The number of anilines is 1. The van der Waals surface area contributed by atoms with Crippen LogP contribution in [0.2, 0.25) is 0 Å². The highest BCUT2D eigenvalue weighted by molar-refractivity contribution is 8.13. The first kappa shape index (κ1) is 15.5. The number of esters is 1. The summed E-state index contributed by atoms with van der Waals surface area (Å²) in [6.45, 7) is 1.99. The van der Waals surface area contributed by atoms with E-state index in [-0.39, 0.29) is 16.9 Å². The van der Waals surface area contributed by atoms with E-state index in [1.165, 1.54) is 44.3 Å². The minimum Gasteiger partial charge on any atom is -0.465 e. The van der Waals surface area contributed by atoms with Crippen molar-refractivity contribution >= 4 is 34.4 Å². The van der Waals surface area contributed by atoms with Gasteiger partial charge in [0.05, 0.1) is 24.6 Å². The third-order valence-corrected chi connectivity index (χ3v) is 4.27. The summed E-state index contributed by atoms with van der Waals surface area (Å²) in [7, 11) is 1.30. The van der Waals surface area contributed by atoms with Gasteiger partial charge in [-0.3, -0.25) is 14.6 Å². The normalized spacial score (nSPS) is 17.9. The Balaban J connectivity index is 2.17. The highest BCUT2D eigenvalue weighted by Crippen LogP contribution is 2.29. The van der Waals surface area contributed by atoms with Gasteiger partial charge in [-0.15, -0.1) is 0 Å². The Morgan fingerprint density at radius 3 is 2.95 bits per heavy atom. The van der Waals surface area contributed by atoms with Crippen LogP contribution in [0.5, 0.6) is 0 Å². The number of carbonyl (C=O) groups is 3. The minimum atomic E-state index is -0.498. The largest absolute Gasteiger partial charge is 0.465 e. The summed E-state index contributed by atoms with van der Waals surface area (Å²) in [6, 6.07) is 1.53. The maximum Gasteiger partial charge on any atom is 0.340 e. The lowest BCUT2D eigenvalue weighted by molar-refractivity contribution is -0.117. The molecule has 1 amide bonds. The zero-order valence-electron chi connectivity index (χ0n) is 11.9. The predicted molar refractivity (Wildman–Crippen MR) is 79.2 cm³/mol. The van der Waals surface area contributed by atoms with Gasteiger partial charge in [0, 0.05) is 31.8 Å². The molecule has 1 aliphatic rings. The number of thioether (sulfide) groups is 1. The van der Waals surface area contributed by atoms with Crippen molar-refractivity contribution in [2.24, 2.45) is 5.92 Å². The van der Waals surface area contributed by atoms with Crippen molar-refractivity contribution in [1.29, 1.82) is 0 Å². The van der Waals surface area contributed by atoms with Gasteiger partial charge in [0.25, 0.3) is 0 Å². The lowest BCUT2D eigenvalue weighted by Crippen LogP contribution is -2.27. The van der Waals surface area contributed by atoms with Crippen molar-refractivity contribution < 1.29 is 19.1 Å². The van der Waals surface area contributed by atoms with Gasteiger partial charge >= 0.3 is 5.97 Å². The number of amides is 1. The van der Waals surface area contributed by atoms with E-state index in [1.807, 2.05) is 0 Å². The van der Waals surface area contributed by atoms with Crippen LogP contribution in [0.3, 0.4) is 0 Å². The third-order valence-electron chi connectivity index (χ3n) is 3.22. The molecule has 112 valence electrons. The first-order valence-electron chi connectivity index (χ1n) is 6.49. The van der Waals surface area contributed by atoms with Crippen LogP contribution in [-0.4, -0.2) is 41.4 Å². The number of nitrogens with zero attached hydrogens (tertiary/aromatic N) is 2. The Morgan fingerprint density at radius 1 is 1.52 bits per heavy atom. The molecule has 0 radical (unpaired) electrons. The predicted octanol–water partition coefficient (Wildman–Crippen LogP) is 1.50. The van der Waals surface area contributed by atoms with Gasteiger partial charge in [0.1, 0.15) is 0 Å². The fourth-order valence-electron chi connectivity index (χ4n) is 2.25. The van der Waals surface area contributed by atoms with E-state index in [1.54, 1.807) is 4.90 Å². The molecule has 7 heteroatoms. The Labute approximate surface area is 126 Å². The highest BCUT2D eigenvalue weighted by Gasteiger charge is 2.33. The van der Waals surface area contributed by atoms with Gasteiger partial charge in [0.2, 0.25) is 5.91 Å². The molecule has 2 rings (SSSR count). The van der Waals surface area contributed by atoms with E-state index in [2.05, 4.69) is 4.98 Å². The number of pyridine rings is 1. The zero-order chi connectivity index (χ0) is 15.4. The van der Waals surface area contributed by atoms with Crippen LogP contribution >= 0.6 is 11.8 Å². The number of carbonyl (C=O) groups excluding carboxylic acids is 3. The summed E-state index contributed by atoms with van der Waals surface area (Å²) in [5.74, 6) is 0.131. The number of rotatable bonds is 4. The fourth-order valence-corrected chi connectivity index (χ4v) is 2.94. The van der Waals surface area contributed by atoms with Crippen molar-refractivity contribution in [3.8, 4) is 0 Å². The van der Waals surface area contributed by atoms with E-state index in [9.17, 15) is 14.4 Å². The van der Waals surface area contributed by atoms with Gasteiger partial charge in [-0.2, -0.15) is 0 Å². The fraction of sp³-hybridized carbons (Fsp3) is 0.429. The second-order valence-electron chi connectivity index (χ2n) is 4.76. The second-order valence-corrected chi connectivity index (χ2v) is 5.96. The lowest BCUT2D eigenvalue weighted by Gasteiger charge is -2.18. The average molecular weight is 308 g/mol. The maximum absolute atomic E-state index is 12.1. The van der Waals surface area contributed by atoms with Gasteiger partial charge in [0.15, 0.2) is 5.12 Å². The number of ether oxygens (including phenoxy) is 1. The SMILES string of the molecule is COC(=O)c1ccncc1N1CC(CSC(C)=O)CC1=O. The van der Waals surface area contributed by atoms with Gasteiger partial charge in [-0.25, -0.2) is 4.79 Å². The van der Waals surface area contributed by atoms with E-state index in [0.717, 1.165) is 0 Å². The minimum absolute atomic E-state index is 0.0394. The van der Waals surface area contributed by atoms with Crippen molar-refractivity contribution in [2.45, 2.75) is 13.3 Å². The van der Waals surface area contributed by atoms with Crippen molar-refractivity contribution in [2.75, 3.05) is 24.3 Å². The molecule has 2 heterocycles. The van der Waals surface area contributed by atoms with Crippen LogP contribution in [0.1, 0.15) is 23.7 Å². The third kappa shape index (κ3) is 3.60. The molecule has 0 N–H and O–H groups in total. The molecule has 21 heavy (non-hydrogen) atoms. The maximum atomic E-state index is 12.1. The molecule has 1 aromatic rings. The molecule has 0 spiro atoms. The van der Waals surface area contributed by atoms with Crippen molar-refractivity contribution in [1.82, 2.24) is 4.98 Å². The summed E-state index contributed by atoms with van der Waals surface area (Å²) in [6.07, 6.45) is 3.35. The summed E-state index contributed by atoms with van der Waals surface area (Å²) < 4.78 is 4.72. The van der Waals surface area contributed by atoms with Gasteiger partial charge in [-0.05, 0) is 12.0 Å². The molecular weight excluding hydrogens is 292 g/mol. The monoisotopic (exact) mass is 308 g/mol. The summed E-state index contributed by atoms with van der Waals surface area (Å²) in [5, 5.41) is 0.0394. The van der Waals surface area contributed by atoms with Crippen LogP contribution in [0, 0.1) is 5.92 Å². The Bertz CT molecular complexity index is 576. The molecule has 1 saturated heterocycles. The number of aromatic nitrogens is 1. The summed E-state index contributed by atoms with van der Waals surface area (Å²) in [5.41, 5.74) is 0.783. The van der Waals surface area contributed by atoms with Gasteiger partial charge < -0.3 is 9.64 Å². The van der Waals surface area contributed by atoms with Crippen molar-refractivity contribution in [3.05, 3.63) is 24.0 Å². The average Bonchev–Trinajstić information content (AvgIpc) is 2.85. The van der Waals surface area contributed by atoms with Crippen molar-refractivity contribution in [3.63, 3.8) is 0 Å². The van der Waals surface area contributed by atoms with Crippen LogP contribution < -0.4 is 4.90 Å². The second kappa shape index (κ2) is 6.71. The van der Waals surface area contributed by atoms with Crippen LogP contribution in [0.4, 0.5) is 5.69 Å². The topological polar surface area (TPSA) is 76.6 Å². The Hall–Kier alpha value is -1.89. The first-order chi connectivity index (χ1) is 10.0. The lowest BCUT2D eigenvalue weighted by atomic mass is 10.1. The van der Waals surface area contributed by atoms with E-state index < -0.39 is 5.97 Å². The van der Waals surface area contributed by atoms with Gasteiger partial charge in [-0.1, -0.05) is 11.8 Å². The van der Waals surface area contributed by atoms with E-state index >= 15 is 0 Å². The smallest absolute Gasteiger partial charge is 0.340 e. The number of hydrogen-bond acceptors (Lipinski definition) is 6. The van der Waals surface area contributed by atoms with Crippen LogP contribution in [0.25, 0.3) is 0 Å². The standard InChI is InChI=1S/C14H16N2O4S/c1-9(17)21-8-10-5-13(18)16(7-10)12-6-15-4-3-11(12)14(19)20-2/h3-4,6,10H,5,7-8H2,1-2H3. The molecule has 0 saturated carbocycles. The van der Waals surface area contributed by atoms with E-state index in [4.69, 9.17) is 4.74 Å². The first-order valence-corrected chi connectivity index (χ1v) is 7.47. The van der Waals surface area contributed by atoms with E-state index in [0.29, 0.717) is 30.0 Å². The molecule has 0 aromatic carbocycles. The Morgan fingerprint density at radius 2 is 2.29 bits per heavy atom. The number of hydrogen-bond donors (Lipinski definition) is 0.